The van der Waals surface area contributed by atoms with E-state index in [0.717, 1.165) is 30.8 Å². The van der Waals surface area contributed by atoms with Crippen LogP contribution in [0.5, 0.6) is 0 Å². The first-order chi connectivity index (χ1) is 13.6. The minimum Gasteiger partial charge on any atom is -0.341 e. The van der Waals surface area contributed by atoms with Crippen molar-refractivity contribution in [2.45, 2.75) is 18.9 Å². The quantitative estimate of drug-likeness (QED) is 0.654. The van der Waals surface area contributed by atoms with E-state index in [-0.39, 0.29) is 17.4 Å². The van der Waals surface area contributed by atoms with E-state index in [2.05, 4.69) is 30.3 Å². The molecule has 0 spiro atoms. The first kappa shape index (κ1) is 18.0. The number of nitrogens with zero attached hydrogens (tertiary/aromatic N) is 2. The summed E-state index contributed by atoms with van der Waals surface area (Å²) in [5.74, 6) is 1.35. The van der Waals surface area contributed by atoms with Gasteiger partial charge in [-0.1, -0.05) is 18.2 Å². The summed E-state index contributed by atoms with van der Waals surface area (Å²) in [6.45, 7) is 2.21. The van der Waals surface area contributed by atoms with Crippen LogP contribution in [0, 0.1) is 5.92 Å². The highest BCUT2D eigenvalue weighted by molar-refractivity contribution is 7.99. The second kappa shape index (κ2) is 7.08. The number of thiophene rings is 1. The second-order valence-electron chi connectivity index (χ2n) is 7.76. The van der Waals surface area contributed by atoms with Gasteiger partial charge in [-0.3, -0.25) is 9.59 Å². The van der Waals surface area contributed by atoms with Gasteiger partial charge in [-0.05, 0) is 42.2 Å². The molecule has 28 heavy (non-hydrogen) atoms. The largest absolute Gasteiger partial charge is 0.341 e. The minimum absolute atomic E-state index is 0.0819. The molecule has 4 nitrogen and oxygen atoms in total. The zero-order chi connectivity index (χ0) is 19.3. The number of hydrogen-bond donors (Lipinski definition) is 0. The number of thioether (sulfide) groups is 1. The van der Waals surface area contributed by atoms with E-state index < -0.39 is 0 Å². The Kier molecular flexibility index (Phi) is 4.56. The van der Waals surface area contributed by atoms with Gasteiger partial charge in [0.2, 0.25) is 5.91 Å². The van der Waals surface area contributed by atoms with E-state index in [1.165, 1.54) is 15.0 Å². The monoisotopic (exact) mass is 410 g/mol. The van der Waals surface area contributed by atoms with Crippen molar-refractivity contribution in [3.8, 4) is 10.4 Å². The highest BCUT2D eigenvalue weighted by Gasteiger charge is 2.37. The third-order valence-corrected chi connectivity index (χ3v) is 7.59. The Labute approximate surface area is 172 Å². The predicted molar refractivity (Wildman–Crippen MR) is 117 cm³/mol. The number of rotatable bonds is 3. The third-order valence-electron chi connectivity index (χ3n) is 5.90. The van der Waals surface area contributed by atoms with Gasteiger partial charge in [0.25, 0.3) is 5.56 Å². The summed E-state index contributed by atoms with van der Waals surface area (Å²) < 4.78 is 3.24. The van der Waals surface area contributed by atoms with Gasteiger partial charge >= 0.3 is 0 Å². The topological polar surface area (TPSA) is 42.3 Å². The summed E-state index contributed by atoms with van der Waals surface area (Å²) in [7, 11) is 0. The Balaban J connectivity index is 1.60. The van der Waals surface area contributed by atoms with Crippen molar-refractivity contribution >= 4 is 39.1 Å². The smallest absolute Gasteiger partial charge is 0.250 e. The number of carbonyl (C=O) groups is 1. The molecular weight excluding hydrogens is 388 g/mol. The fraction of sp³-hybridized carbons (Fsp3) is 0.364. The third kappa shape index (κ3) is 2.99. The van der Waals surface area contributed by atoms with Crippen LogP contribution in [0.25, 0.3) is 20.5 Å². The molecule has 0 N–H and O–H groups in total. The summed E-state index contributed by atoms with van der Waals surface area (Å²) in [6.07, 6.45) is 3.03. The number of pyridine rings is 1. The Morgan fingerprint density at radius 2 is 2.04 bits per heavy atom. The minimum atomic E-state index is 0.0819. The number of benzene rings is 1. The van der Waals surface area contributed by atoms with Gasteiger partial charge in [0.15, 0.2) is 0 Å². The summed E-state index contributed by atoms with van der Waals surface area (Å²) >= 11 is 3.35. The molecule has 1 fully saturated rings. The van der Waals surface area contributed by atoms with Crippen molar-refractivity contribution < 1.29 is 4.79 Å². The van der Waals surface area contributed by atoms with E-state index in [4.69, 9.17) is 0 Å². The van der Waals surface area contributed by atoms with Crippen molar-refractivity contribution in [3.05, 3.63) is 58.5 Å². The van der Waals surface area contributed by atoms with Crippen molar-refractivity contribution in [1.82, 2.24) is 9.47 Å². The van der Waals surface area contributed by atoms with Crippen LogP contribution in [0.3, 0.4) is 0 Å². The molecule has 0 radical (unpaired) electrons. The summed E-state index contributed by atoms with van der Waals surface area (Å²) in [5.41, 5.74) is 2.36. The van der Waals surface area contributed by atoms with Gasteiger partial charge in [0.1, 0.15) is 0 Å². The maximum Gasteiger partial charge on any atom is 0.250 e. The predicted octanol–water partition coefficient (Wildman–Crippen LogP) is 4.04. The number of hydrogen-bond acceptors (Lipinski definition) is 4. The van der Waals surface area contributed by atoms with E-state index in [0.29, 0.717) is 18.2 Å². The van der Waals surface area contributed by atoms with Crippen LogP contribution in [0.2, 0.25) is 0 Å². The van der Waals surface area contributed by atoms with E-state index in [1.807, 2.05) is 21.8 Å². The summed E-state index contributed by atoms with van der Waals surface area (Å²) in [5, 5.41) is 1.24. The lowest BCUT2D eigenvalue weighted by molar-refractivity contribution is -0.131. The van der Waals surface area contributed by atoms with Crippen LogP contribution in [0.1, 0.15) is 18.0 Å². The fourth-order valence-corrected chi connectivity index (χ4v) is 6.28. The zero-order valence-corrected chi connectivity index (χ0v) is 17.4. The van der Waals surface area contributed by atoms with Gasteiger partial charge in [0.05, 0.1) is 5.75 Å². The number of fused-ring (bicyclic) bond motifs is 5. The lowest BCUT2D eigenvalue weighted by Gasteiger charge is -2.43. The summed E-state index contributed by atoms with van der Waals surface area (Å²) in [6, 6.07) is 14.3. The van der Waals surface area contributed by atoms with Crippen molar-refractivity contribution in [1.29, 1.82) is 0 Å². The fourth-order valence-electron chi connectivity index (χ4n) is 4.76. The van der Waals surface area contributed by atoms with Crippen LogP contribution in [0.15, 0.2) is 47.3 Å². The Morgan fingerprint density at radius 3 is 2.86 bits per heavy atom. The molecule has 2 atom stereocenters. The molecule has 3 aromatic rings. The highest BCUT2D eigenvalue weighted by atomic mass is 32.2. The van der Waals surface area contributed by atoms with Crippen LogP contribution in [-0.4, -0.2) is 40.5 Å². The number of amides is 1. The molecule has 0 saturated carbocycles. The maximum atomic E-state index is 12.7. The second-order valence-corrected chi connectivity index (χ2v) is 9.71. The molecule has 1 amide bonds. The average molecular weight is 411 g/mol. The number of aromatic nitrogens is 1. The lowest BCUT2D eigenvalue weighted by Crippen LogP contribution is -2.49. The highest BCUT2D eigenvalue weighted by Crippen LogP contribution is 2.42. The molecule has 1 aromatic carbocycles. The number of carbonyl (C=O) groups excluding carboxylic acids is 1. The van der Waals surface area contributed by atoms with Crippen molar-refractivity contribution in [2.75, 3.05) is 25.1 Å². The molecule has 0 aliphatic carbocycles. The number of piperidine rings is 1. The molecule has 144 valence electrons. The maximum absolute atomic E-state index is 12.7. The lowest BCUT2D eigenvalue weighted by atomic mass is 9.81. The first-order valence-electron chi connectivity index (χ1n) is 9.63. The molecule has 5 rings (SSSR count). The van der Waals surface area contributed by atoms with E-state index in [1.54, 1.807) is 29.2 Å². The van der Waals surface area contributed by atoms with Gasteiger partial charge < -0.3 is 9.47 Å². The Morgan fingerprint density at radius 1 is 1.18 bits per heavy atom. The zero-order valence-electron chi connectivity index (χ0n) is 15.8. The van der Waals surface area contributed by atoms with Gasteiger partial charge in [-0.25, -0.2) is 0 Å². The van der Waals surface area contributed by atoms with Crippen molar-refractivity contribution in [3.63, 3.8) is 0 Å². The average Bonchev–Trinajstić information content (AvgIpc) is 3.13. The summed E-state index contributed by atoms with van der Waals surface area (Å²) in [4.78, 5) is 28.4. The normalized spacial score (nSPS) is 21.0. The van der Waals surface area contributed by atoms with Crippen LogP contribution >= 0.6 is 23.1 Å². The van der Waals surface area contributed by atoms with Gasteiger partial charge in [-0.15, -0.1) is 11.3 Å². The molecule has 1 saturated heterocycles. The number of likely N-dealkylation sites (tertiary alicyclic amines) is 1. The molecule has 2 aliphatic heterocycles. The molecule has 0 unspecified atom stereocenters. The van der Waals surface area contributed by atoms with Gasteiger partial charge in [0, 0.05) is 52.5 Å². The van der Waals surface area contributed by atoms with Crippen LogP contribution in [-0.2, 0) is 11.3 Å². The molecular formula is C22H22N2O2S2. The molecule has 2 aromatic heterocycles. The standard InChI is InChI=1S/C22H22N2O2S2/c1-27-13-21(26)23-10-14-8-16(12-23)22-17(6-7-20(25)24(22)11-14)19-9-15-4-2-3-5-18(15)28-19/h2-7,9,14,16H,8,10-13H2,1H3/t14-,16-/m1/s1. The van der Waals surface area contributed by atoms with Gasteiger partial charge in [-0.2, -0.15) is 11.8 Å². The van der Waals surface area contributed by atoms with Crippen LogP contribution < -0.4 is 5.56 Å². The van der Waals surface area contributed by atoms with E-state index >= 15 is 0 Å². The molecule has 6 heteroatoms. The molecule has 2 bridgehead atoms. The molecule has 2 aliphatic rings. The SMILES string of the molecule is CSCC(=O)N1C[C@H]2C[C@H](C1)c1c(-c3cc4ccccc4s3)ccc(=O)n1C2. The molecule has 4 heterocycles. The first-order valence-corrected chi connectivity index (χ1v) is 11.8. The van der Waals surface area contributed by atoms with Crippen molar-refractivity contribution in [2.24, 2.45) is 5.92 Å². The van der Waals surface area contributed by atoms with Crippen LogP contribution in [0.4, 0.5) is 0 Å². The Hall–Kier alpha value is -2.05. The van der Waals surface area contributed by atoms with E-state index in [9.17, 15) is 9.59 Å². The Bertz CT molecular complexity index is 1080.